The molecule has 0 radical (unpaired) electrons. The van der Waals surface area contributed by atoms with E-state index in [9.17, 15) is 0 Å². The van der Waals surface area contributed by atoms with Gasteiger partial charge in [0.25, 0.3) is 0 Å². The molecule has 0 unspecified atom stereocenters. The second kappa shape index (κ2) is 5.74. The van der Waals surface area contributed by atoms with Gasteiger partial charge in [-0.2, -0.15) is 5.10 Å². The summed E-state index contributed by atoms with van der Waals surface area (Å²) >= 11 is 0. The van der Waals surface area contributed by atoms with Crippen LogP contribution in [-0.4, -0.2) is 29.9 Å². The largest absolute Gasteiger partial charge is 0.359 e. The van der Waals surface area contributed by atoms with Crippen LogP contribution in [0.4, 0.5) is 5.82 Å². The van der Waals surface area contributed by atoms with Crippen molar-refractivity contribution in [2.75, 3.05) is 25.0 Å². The molecule has 1 aromatic rings. The summed E-state index contributed by atoms with van der Waals surface area (Å²) < 4.78 is 1.99. The van der Waals surface area contributed by atoms with Crippen LogP contribution in [0.2, 0.25) is 0 Å². The Balaban J connectivity index is 2.98. The first kappa shape index (κ1) is 15.0. The Hall–Kier alpha value is -1.03. The molecule has 1 N–H and O–H groups in total. The Labute approximate surface area is 111 Å². The van der Waals surface area contributed by atoms with Crippen LogP contribution in [0.3, 0.4) is 0 Å². The van der Waals surface area contributed by atoms with E-state index >= 15 is 0 Å². The molecule has 1 aromatic heterocycles. The van der Waals surface area contributed by atoms with E-state index in [1.807, 2.05) is 11.7 Å². The van der Waals surface area contributed by atoms with Crippen molar-refractivity contribution in [3.63, 3.8) is 0 Å². The average molecular weight is 252 g/mol. The number of nitrogens with zero attached hydrogens (tertiary/aromatic N) is 3. The summed E-state index contributed by atoms with van der Waals surface area (Å²) in [5, 5.41) is 7.95. The van der Waals surface area contributed by atoms with Gasteiger partial charge in [-0.05, 0) is 18.9 Å². The Kier molecular flexibility index (Phi) is 4.79. The highest BCUT2D eigenvalue weighted by molar-refractivity contribution is 5.49. The first-order valence-electron chi connectivity index (χ1n) is 6.70. The standard InChI is InChI=1S/C14H28N4/c1-8-15-9-12-11(2)16-18(7)13(12)17(6)10-14(3,4)5/h15H,8-10H2,1-7H3. The topological polar surface area (TPSA) is 33.1 Å². The maximum Gasteiger partial charge on any atom is 0.131 e. The zero-order chi connectivity index (χ0) is 13.9. The minimum absolute atomic E-state index is 0.280. The van der Waals surface area contributed by atoms with Crippen LogP contribution in [0.15, 0.2) is 0 Å². The summed E-state index contributed by atoms with van der Waals surface area (Å²) in [6.45, 7) is 13.9. The monoisotopic (exact) mass is 252 g/mol. The van der Waals surface area contributed by atoms with E-state index in [1.165, 1.54) is 11.4 Å². The second-order valence-corrected chi connectivity index (χ2v) is 6.21. The molecule has 0 aliphatic heterocycles. The Morgan fingerprint density at radius 2 is 1.94 bits per heavy atom. The van der Waals surface area contributed by atoms with Gasteiger partial charge in [0.15, 0.2) is 0 Å². The fourth-order valence-corrected chi connectivity index (χ4v) is 2.41. The van der Waals surface area contributed by atoms with E-state index in [-0.39, 0.29) is 5.41 Å². The maximum absolute atomic E-state index is 4.55. The lowest BCUT2D eigenvalue weighted by Gasteiger charge is -2.29. The summed E-state index contributed by atoms with van der Waals surface area (Å²) in [5.41, 5.74) is 2.71. The molecule has 104 valence electrons. The number of nitrogens with one attached hydrogen (secondary N) is 1. The summed E-state index contributed by atoms with van der Waals surface area (Å²) in [7, 11) is 4.17. The smallest absolute Gasteiger partial charge is 0.131 e. The van der Waals surface area contributed by atoms with E-state index in [4.69, 9.17) is 0 Å². The van der Waals surface area contributed by atoms with Crippen molar-refractivity contribution in [1.82, 2.24) is 15.1 Å². The van der Waals surface area contributed by atoms with Crippen molar-refractivity contribution >= 4 is 5.82 Å². The molecular weight excluding hydrogens is 224 g/mol. The molecular formula is C14H28N4. The number of hydrogen-bond donors (Lipinski definition) is 1. The van der Waals surface area contributed by atoms with Crippen molar-refractivity contribution in [3.05, 3.63) is 11.3 Å². The predicted molar refractivity (Wildman–Crippen MR) is 78.1 cm³/mol. The van der Waals surface area contributed by atoms with Crippen LogP contribution in [0, 0.1) is 12.3 Å². The normalized spacial score (nSPS) is 11.9. The second-order valence-electron chi connectivity index (χ2n) is 6.21. The van der Waals surface area contributed by atoms with E-state index in [0.29, 0.717) is 0 Å². The number of anilines is 1. The van der Waals surface area contributed by atoms with Crippen molar-refractivity contribution in [2.45, 2.75) is 41.2 Å². The Morgan fingerprint density at radius 3 is 2.44 bits per heavy atom. The van der Waals surface area contributed by atoms with Gasteiger partial charge >= 0.3 is 0 Å². The fourth-order valence-electron chi connectivity index (χ4n) is 2.41. The van der Waals surface area contributed by atoms with Gasteiger partial charge in [0.2, 0.25) is 0 Å². The molecule has 0 saturated carbocycles. The Bertz CT molecular complexity index is 387. The van der Waals surface area contributed by atoms with Crippen LogP contribution >= 0.6 is 0 Å². The first-order valence-corrected chi connectivity index (χ1v) is 6.70. The molecule has 0 saturated heterocycles. The van der Waals surface area contributed by atoms with Crippen LogP contribution in [0.25, 0.3) is 0 Å². The lowest BCUT2D eigenvalue weighted by atomic mass is 9.96. The molecule has 0 atom stereocenters. The minimum atomic E-state index is 0.280. The number of rotatable bonds is 5. The van der Waals surface area contributed by atoms with Crippen molar-refractivity contribution in [1.29, 1.82) is 0 Å². The summed E-state index contributed by atoms with van der Waals surface area (Å²) in [6.07, 6.45) is 0. The van der Waals surface area contributed by atoms with Gasteiger partial charge in [0.1, 0.15) is 5.82 Å². The summed E-state index contributed by atoms with van der Waals surface area (Å²) in [6, 6.07) is 0. The van der Waals surface area contributed by atoms with Gasteiger partial charge in [-0.25, -0.2) is 0 Å². The third kappa shape index (κ3) is 3.73. The van der Waals surface area contributed by atoms with Crippen molar-refractivity contribution in [3.8, 4) is 0 Å². The lowest BCUT2D eigenvalue weighted by molar-refractivity contribution is 0.415. The van der Waals surface area contributed by atoms with E-state index in [1.54, 1.807) is 0 Å². The number of hydrogen-bond acceptors (Lipinski definition) is 3. The average Bonchev–Trinajstić information content (AvgIpc) is 2.47. The molecule has 4 nitrogen and oxygen atoms in total. The highest BCUT2D eigenvalue weighted by Gasteiger charge is 2.20. The van der Waals surface area contributed by atoms with Crippen LogP contribution < -0.4 is 10.2 Å². The van der Waals surface area contributed by atoms with Crippen LogP contribution in [0.1, 0.15) is 39.0 Å². The Morgan fingerprint density at radius 1 is 1.33 bits per heavy atom. The van der Waals surface area contributed by atoms with E-state index in [2.05, 4.69) is 57.0 Å². The third-order valence-corrected chi connectivity index (χ3v) is 2.94. The third-order valence-electron chi connectivity index (χ3n) is 2.94. The molecule has 1 heterocycles. The van der Waals surface area contributed by atoms with Gasteiger partial charge in [-0.3, -0.25) is 4.68 Å². The highest BCUT2D eigenvalue weighted by atomic mass is 15.4. The quantitative estimate of drug-likeness (QED) is 0.873. The van der Waals surface area contributed by atoms with Crippen LogP contribution in [-0.2, 0) is 13.6 Å². The molecule has 0 bridgehead atoms. The van der Waals surface area contributed by atoms with Gasteiger partial charge in [0, 0.05) is 32.7 Å². The molecule has 0 spiro atoms. The lowest BCUT2D eigenvalue weighted by Crippen LogP contribution is -2.31. The molecule has 4 heteroatoms. The zero-order valence-electron chi connectivity index (χ0n) is 13.0. The fraction of sp³-hybridized carbons (Fsp3) is 0.786. The molecule has 1 rings (SSSR count). The molecule has 0 aromatic carbocycles. The maximum atomic E-state index is 4.55. The molecule has 18 heavy (non-hydrogen) atoms. The van der Waals surface area contributed by atoms with Crippen LogP contribution in [0.5, 0.6) is 0 Å². The number of aromatic nitrogens is 2. The van der Waals surface area contributed by atoms with Crippen molar-refractivity contribution in [2.24, 2.45) is 12.5 Å². The van der Waals surface area contributed by atoms with Gasteiger partial charge in [-0.15, -0.1) is 0 Å². The molecule has 0 aliphatic carbocycles. The molecule has 0 amide bonds. The minimum Gasteiger partial charge on any atom is -0.359 e. The van der Waals surface area contributed by atoms with Gasteiger partial charge in [0.05, 0.1) is 5.69 Å². The van der Waals surface area contributed by atoms with Gasteiger partial charge in [-0.1, -0.05) is 27.7 Å². The molecule has 0 aliphatic rings. The van der Waals surface area contributed by atoms with E-state index < -0.39 is 0 Å². The summed E-state index contributed by atoms with van der Waals surface area (Å²) in [4.78, 5) is 2.31. The van der Waals surface area contributed by atoms with Crippen molar-refractivity contribution < 1.29 is 0 Å². The SMILES string of the molecule is CCNCc1c(C)nn(C)c1N(C)CC(C)(C)C. The summed E-state index contributed by atoms with van der Waals surface area (Å²) in [5.74, 6) is 1.23. The van der Waals surface area contributed by atoms with Gasteiger partial charge < -0.3 is 10.2 Å². The number of aryl methyl sites for hydroxylation is 2. The highest BCUT2D eigenvalue weighted by Crippen LogP contribution is 2.25. The van der Waals surface area contributed by atoms with E-state index in [0.717, 1.165) is 25.3 Å². The molecule has 0 fully saturated rings. The zero-order valence-corrected chi connectivity index (χ0v) is 13.0. The first-order chi connectivity index (χ1) is 8.26. The predicted octanol–water partition coefficient (Wildman–Crippen LogP) is 2.32.